The van der Waals surface area contributed by atoms with Gasteiger partial charge in [-0.05, 0) is 31.9 Å². The Morgan fingerprint density at radius 3 is 2.89 bits per heavy atom. The molecule has 1 N–H and O–H groups in total. The van der Waals surface area contributed by atoms with Crippen molar-refractivity contribution in [2.24, 2.45) is 0 Å². The number of nitrogens with zero attached hydrogens (tertiary/aromatic N) is 2. The van der Waals surface area contributed by atoms with Crippen LogP contribution in [0.3, 0.4) is 0 Å². The molecule has 2 aromatic heterocycles. The van der Waals surface area contributed by atoms with E-state index in [1.807, 2.05) is 6.92 Å². The van der Waals surface area contributed by atoms with Crippen molar-refractivity contribution in [3.05, 3.63) is 34.0 Å². The number of aromatic nitrogens is 2. The van der Waals surface area contributed by atoms with Gasteiger partial charge in [0.1, 0.15) is 11.5 Å². The number of thiazole rings is 1. The van der Waals surface area contributed by atoms with Gasteiger partial charge < -0.3 is 5.11 Å². The van der Waals surface area contributed by atoms with Crippen molar-refractivity contribution in [3.8, 4) is 11.4 Å². The number of hydrogen-bond donors (Lipinski definition) is 1. The summed E-state index contributed by atoms with van der Waals surface area (Å²) >= 11 is 1.53. The van der Waals surface area contributed by atoms with Gasteiger partial charge in [0.2, 0.25) is 0 Å². The first kappa shape index (κ1) is 13.6. The summed E-state index contributed by atoms with van der Waals surface area (Å²) < 4.78 is 12.8. The first-order valence-corrected chi connectivity index (χ1v) is 6.68. The molecule has 0 bridgehead atoms. The third-order valence-electron chi connectivity index (χ3n) is 2.59. The van der Waals surface area contributed by atoms with Gasteiger partial charge in [-0.15, -0.1) is 11.3 Å². The van der Waals surface area contributed by atoms with Gasteiger partial charge in [0.25, 0.3) is 0 Å². The second-order valence-corrected chi connectivity index (χ2v) is 5.41. The third kappa shape index (κ3) is 3.57. The molecular weight excluding hydrogens is 267 g/mol. The second kappa shape index (κ2) is 5.88. The Morgan fingerprint density at radius 1 is 1.47 bits per heavy atom. The van der Waals surface area contributed by atoms with Crippen molar-refractivity contribution in [1.82, 2.24) is 9.97 Å². The number of pyridine rings is 1. The van der Waals surface area contributed by atoms with Gasteiger partial charge in [0.15, 0.2) is 0 Å². The normalized spacial score (nSPS) is 10.6. The van der Waals surface area contributed by atoms with Crippen molar-refractivity contribution in [3.63, 3.8) is 0 Å². The van der Waals surface area contributed by atoms with Crippen LogP contribution in [-0.2, 0) is 11.2 Å². The molecule has 0 aliphatic carbocycles. The number of rotatable bonds is 5. The van der Waals surface area contributed by atoms with Crippen LogP contribution in [0.4, 0.5) is 4.39 Å². The molecule has 2 rings (SSSR count). The highest BCUT2D eigenvalue weighted by Gasteiger charge is 2.11. The lowest BCUT2D eigenvalue weighted by Gasteiger charge is -1.97. The molecule has 0 saturated heterocycles. The summed E-state index contributed by atoms with van der Waals surface area (Å²) in [5.74, 6) is -1.17. The molecule has 0 aliphatic heterocycles. The summed E-state index contributed by atoms with van der Waals surface area (Å²) in [6, 6.07) is 2.95. The van der Waals surface area contributed by atoms with Crippen LogP contribution in [0.1, 0.15) is 22.7 Å². The lowest BCUT2D eigenvalue weighted by molar-refractivity contribution is -0.137. The van der Waals surface area contributed by atoms with Gasteiger partial charge in [-0.2, -0.15) is 0 Å². The van der Waals surface area contributed by atoms with E-state index in [0.29, 0.717) is 18.5 Å². The maximum atomic E-state index is 12.8. The minimum atomic E-state index is -0.797. The Hall–Kier alpha value is -1.82. The highest BCUT2D eigenvalue weighted by atomic mass is 32.1. The van der Waals surface area contributed by atoms with Crippen LogP contribution in [0, 0.1) is 12.7 Å². The predicted octanol–water partition coefficient (Wildman–Crippen LogP) is 3.06. The first-order valence-electron chi connectivity index (χ1n) is 5.86. The van der Waals surface area contributed by atoms with E-state index in [0.717, 1.165) is 21.8 Å². The number of aryl methyl sites for hydroxylation is 2. The number of carboxylic acids is 1. The molecular formula is C13H13FN2O2S. The van der Waals surface area contributed by atoms with Gasteiger partial charge in [0.05, 0.1) is 16.9 Å². The molecule has 19 heavy (non-hydrogen) atoms. The fourth-order valence-electron chi connectivity index (χ4n) is 1.70. The van der Waals surface area contributed by atoms with Gasteiger partial charge in [-0.3, -0.25) is 9.78 Å². The topological polar surface area (TPSA) is 63.1 Å². The Kier molecular flexibility index (Phi) is 4.21. The summed E-state index contributed by atoms with van der Waals surface area (Å²) in [4.78, 5) is 19.9. The summed E-state index contributed by atoms with van der Waals surface area (Å²) in [5, 5.41) is 9.48. The Bertz CT molecular complexity index is 581. The quantitative estimate of drug-likeness (QED) is 0.914. The molecule has 0 spiro atoms. The maximum absolute atomic E-state index is 12.8. The van der Waals surface area contributed by atoms with Crippen LogP contribution in [0.15, 0.2) is 18.3 Å². The van der Waals surface area contributed by atoms with Crippen LogP contribution in [0.25, 0.3) is 11.4 Å². The maximum Gasteiger partial charge on any atom is 0.303 e. The van der Waals surface area contributed by atoms with Gasteiger partial charge in [-0.1, -0.05) is 0 Å². The smallest absolute Gasteiger partial charge is 0.303 e. The van der Waals surface area contributed by atoms with Crippen molar-refractivity contribution in [1.29, 1.82) is 0 Å². The van der Waals surface area contributed by atoms with E-state index in [1.54, 1.807) is 6.07 Å². The standard InChI is InChI=1S/C13H13FN2O2S/c1-8-13(10-6-5-9(14)7-15-10)16-11(19-8)3-2-4-12(17)18/h5-7H,2-4H2,1H3,(H,17,18). The third-order valence-corrected chi connectivity index (χ3v) is 3.62. The number of aliphatic carboxylic acids is 1. The zero-order valence-corrected chi connectivity index (χ0v) is 11.2. The van der Waals surface area contributed by atoms with E-state index in [9.17, 15) is 9.18 Å². The van der Waals surface area contributed by atoms with E-state index in [2.05, 4.69) is 9.97 Å². The number of halogens is 1. The monoisotopic (exact) mass is 280 g/mol. The molecule has 0 aliphatic rings. The van der Waals surface area contributed by atoms with Crippen LogP contribution in [-0.4, -0.2) is 21.0 Å². The summed E-state index contributed by atoms with van der Waals surface area (Å²) in [5.41, 5.74) is 1.38. The molecule has 2 aromatic rings. The fourth-order valence-corrected chi connectivity index (χ4v) is 2.69. The number of carboxylic acid groups (broad SMARTS) is 1. The van der Waals surface area contributed by atoms with E-state index < -0.39 is 5.97 Å². The van der Waals surface area contributed by atoms with Crippen molar-refractivity contribution >= 4 is 17.3 Å². The van der Waals surface area contributed by atoms with Gasteiger partial charge in [0, 0.05) is 11.3 Å². The van der Waals surface area contributed by atoms with Crippen LogP contribution < -0.4 is 0 Å². The average molecular weight is 280 g/mol. The molecule has 0 aromatic carbocycles. The zero-order chi connectivity index (χ0) is 13.8. The summed E-state index contributed by atoms with van der Waals surface area (Å²) in [6.07, 6.45) is 2.51. The largest absolute Gasteiger partial charge is 0.481 e. The zero-order valence-electron chi connectivity index (χ0n) is 10.4. The molecule has 4 nitrogen and oxygen atoms in total. The molecule has 2 heterocycles. The molecule has 0 saturated carbocycles. The first-order chi connectivity index (χ1) is 9.06. The molecule has 0 radical (unpaired) electrons. The molecule has 0 atom stereocenters. The van der Waals surface area contributed by atoms with Crippen molar-refractivity contribution in [2.75, 3.05) is 0 Å². The van der Waals surface area contributed by atoms with Crippen molar-refractivity contribution in [2.45, 2.75) is 26.2 Å². The molecule has 0 unspecified atom stereocenters. The lowest BCUT2D eigenvalue weighted by Crippen LogP contribution is -1.95. The van der Waals surface area contributed by atoms with E-state index >= 15 is 0 Å². The molecule has 0 amide bonds. The van der Waals surface area contributed by atoms with Crippen LogP contribution >= 0.6 is 11.3 Å². The number of carbonyl (C=O) groups is 1. The van der Waals surface area contributed by atoms with E-state index in [4.69, 9.17) is 5.11 Å². The molecule has 100 valence electrons. The summed E-state index contributed by atoms with van der Waals surface area (Å²) in [6.45, 7) is 1.93. The van der Waals surface area contributed by atoms with Crippen LogP contribution in [0.5, 0.6) is 0 Å². The van der Waals surface area contributed by atoms with Gasteiger partial charge in [-0.25, -0.2) is 9.37 Å². The predicted molar refractivity (Wildman–Crippen MR) is 70.6 cm³/mol. The minimum Gasteiger partial charge on any atom is -0.481 e. The highest BCUT2D eigenvalue weighted by molar-refractivity contribution is 7.12. The molecule has 6 heteroatoms. The lowest BCUT2D eigenvalue weighted by atomic mass is 10.2. The Labute approximate surface area is 114 Å². The second-order valence-electron chi connectivity index (χ2n) is 4.12. The highest BCUT2D eigenvalue weighted by Crippen LogP contribution is 2.27. The van der Waals surface area contributed by atoms with Crippen LogP contribution in [0.2, 0.25) is 0 Å². The number of hydrogen-bond acceptors (Lipinski definition) is 4. The van der Waals surface area contributed by atoms with E-state index in [1.165, 1.54) is 17.4 Å². The summed E-state index contributed by atoms with van der Waals surface area (Å²) in [7, 11) is 0. The fraction of sp³-hybridized carbons (Fsp3) is 0.308. The van der Waals surface area contributed by atoms with E-state index in [-0.39, 0.29) is 12.2 Å². The van der Waals surface area contributed by atoms with Crippen molar-refractivity contribution < 1.29 is 14.3 Å². The Morgan fingerprint density at radius 2 is 2.26 bits per heavy atom. The van der Waals surface area contributed by atoms with Gasteiger partial charge >= 0.3 is 5.97 Å². The Balaban J connectivity index is 2.12. The molecule has 0 fully saturated rings. The average Bonchev–Trinajstić information content (AvgIpc) is 2.71. The SMILES string of the molecule is Cc1sc(CCCC(=O)O)nc1-c1ccc(F)cn1. The minimum absolute atomic E-state index is 0.142.